The Morgan fingerprint density at radius 3 is 2.29 bits per heavy atom. The summed E-state index contributed by atoms with van der Waals surface area (Å²) in [7, 11) is 0. The number of alkyl halides is 3. The van der Waals surface area contributed by atoms with Crippen LogP contribution in [-0.2, 0) is 6.18 Å². The van der Waals surface area contributed by atoms with Gasteiger partial charge in [0.25, 0.3) is 0 Å². The van der Waals surface area contributed by atoms with E-state index in [-0.39, 0.29) is 17.0 Å². The molecule has 0 aliphatic heterocycles. The van der Waals surface area contributed by atoms with Crippen molar-refractivity contribution in [3.8, 4) is 0 Å². The highest BCUT2D eigenvalue weighted by atomic mass is 32.1. The Labute approximate surface area is 98.7 Å². The molecule has 88 valence electrons. The number of halogens is 3. The molecule has 2 aromatic rings. The van der Waals surface area contributed by atoms with Gasteiger partial charge in [-0.1, -0.05) is 12.1 Å². The van der Waals surface area contributed by atoms with Gasteiger partial charge in [0, 0.05) is 10.9 Å². The van der Waals surface area contributed by atoms with Gasteiger partial charge in [0.1, 0.15) is 5.69 Å². The maximum atomic E-state index is 12.3. The molecule has 0 atom stereocenters. The van der Waals surface area contributed by atoms with Gasteiger partial charge in [-0.05, 0) is 12.1 Å². The van der Waals surface area contributed by atoms with Crippen LogP contribution in [0, 0.1) is 0 Å². The quantitative estimate of drug-likeness (QED) is 0.772. The minimum Gasteiger partial charge on any atom is -0.287 e. The SMILES string of the molecule is O=C(c1ccc(C(F)(F)F)cc1)c1cscn1. The molecule has 0 saturated heterocycles. The van der Waals surface area contributed by atoms with Crippen LogP contribution in [0.25, 0.3) is 0 Å². The van der Waals surface area contributed by atoms with Crippen molar-refractivity contribution in [2.24, 2.45) is 0 Å². The van der Waals surface area contributed by atoms with Gasteiger partial charge in [0.05, 0.1) is 11.1 Å². The molecule has 1 heterocycles. The van der Waals surface area contributed by atoms with Crippen molar-refractivity contribution >= 4 is 17.1 Å². The summed E-state index contributed by atoms with van der Waals surface area (Å²) in [6.07, 6.45) is -4.39. The maximum Gasteiger partial charge on any atom is 0.416 e. The van der Waals surface area contributed by atoms with Gasteiger partial charge in [-0.3, -0.25) is 4.79 Å². The van der Waals surface area contributed by atoms with Gasteiger partial charge in [-0.25, -0.2) is 4.98 Å². The Hall–Kier alpha value is -1.69. The monoisotopic (exact) mass is 257 g/mol. The lowest BCUT2D eigenvalue weighted by atomic mass is 10.1. The van der Waals surface area contributed by atoms with E-state index in [0.717, 1.165) is 24.3 Å². The van der Waals surface area contributed by atoms with E-state index in [4.69, 9.17) is 0 Å². The third-order valence-electron chi connectivity index (χ3n) is 2.14. The van der Waals surface area contributed by atoms with Crippen LogP contribution in [0.5, 0.6) is 0 Å². The largest absolute Gasteiger partial charge is 0.416 e. The van der Waals surface area contributed by atoms with Crippen LogP contribution in [0.15, 0.2) is 35.2 Å². The Morgan fingerprint density at radius 2 is 1.82 bits per heavy atom. The molecule has 0 bridgehead atoms. The molecule has 0 aliphatic rings. The molecule has 2 rings (SSSR count). The highest BCUT2D eigenvalue weighted by molar-refractivity contribution is 7.07. The molecule has 0 fully saturated rings. The van der Waals surface area contributed by atoms with E-state index in [9.17, 15) is 18.0 Å². The molecule has 6 heteroatoms. The van der Waals surface area contributed by atoms with Crippen molar-refractivity contribution in [2.75, 3.05) is 0 Å². The lowest BCUT2D eigenvalue weighted by Crippen LogP contribution is -2.06. The van der Waals surface area contributed by atoms with Crippen LogP contribution in [-0.4, -0.2) is 10.8 Å². The van der Waals surface area contributed by atoms with Crippen LogP contribution in [0.2, 0.25) is 0 Å². The van der Waals surface area contributed by atoms with Crippen LogP contribution in [0.3, 0.4) is 0 Å². The number of thiazole rings is 1. The predicted molar refractivity (Wildman–Crippen MR) is 57.0 cm³/mol. The molecule has 0 aliphatic carbocycles. The molecule has 2 nitrogen and oxygen atoms in total. The number of ketones is 1. The van der Waals surface area contributed by atoms with E-state index in [1.165, 1.54) is 16.8 Å². The summed E-state index contributed by atoms with van der Waals surface area (Å²) in [6, 6.07) is 4.09. The number of hydrogen-bond donors (Lipinski definition) is 0. The molecule has 0 amide bonds. The topological polar surface area (TPSA) is 30.0 Å². The Bertz CT molecular complexity index is 517. The van der Waals surface area contributed by atoms with E-state index < -0.39 is 11.7 Å². The summed E-state index contributed by atoms with van der Waals surface area (Å²) >= 11 is 1.26. The number of aromatic nitrogens is 1. The maximum absolute atomic E-state index is 12.3. The van der Waals surface area contributed by atoms with Crippen molar-refractivity contribution in [3.05, 3.63) is 52.0 Å². The molecule has 0 N–H and O–H groups in total. The summed E-state index contributed by atoms with van der Waals surface area (Å²) in [6.45, 7) is 0. The summed E-state index contributed by atoms with van der Waals surface area (Å²) in [5, 5.41) is 1.56. The Morgan fingerprint density at radius 1 is 1.18 bits per heavy atom. The second-order valence-electron chi connectivity index (χ2n) is 3.28. The number of nitrogens with zero attached hydrogens (tertiary/aromatic N) is 1. The van der Waals surface area contributed by atoms with Crippen molar-refractivity contribution < 1.29 is 18.0 Å². The average molecular weight is 257 g/mol. The summed E-state index contributed by atoms with van der Waals surface area (Å²) in [4.78, 5) is 15.5. The lowest BCUT2D eigenvalue weighted by Gasteiger charge is -2.06. The number of carbonyl (C=O) groups excluding carboxylic acids is 1. The fraction of sp³-hybridized carbons (Fsp3) is 0.0909. The number of hydrogen-bond acceptors (Lipinski definition) is 3. The molecule has 0 radical (unpaired) electrons. The predicted octanol–water partition coefficient (Wildman–Crippen LogP) is 3.39. The van der Waals surface area contributed by atoms with Crippen LogP contribution < -0.4 is 0 Å². The summed E-state index contributed by atoms with van der Waals surface area (Å²) in [5.41, 5.74) is 1.17. The van der Waals surface area contributed by atoms with Crippen LogP contribution in [0.4, 0.5) is 13.2 Å². The fourth-order valence-corrected chi connectivity index (χ4v) is 1.82. The van der Waals surface area contributed by atoms with E-state index in [1.807, 2.05) is 0 Å². The molecule has 0 unspecified atom stereocenters. The zero-order valence-corrected chi connectivity index (χ0v) is 9.18. The molecule has 17 heavy (non-hydrogen) atoms. The second-order valence-corrected chi connectivity index (χ2v) is 4.00. The first-order chi connectivity index (χ1) is 7.98. The Balaban J connectivity index is 2.28. The second kappa shape index (κ2) is 4.29. The van der Waals surface area contributed by atoms with Crippen LogP contribution >= 0.6 is 11.3 Å². The highest BCUT2D eigenvalue weighted by Gasteiger charge is 2.30. The molecule has 1 aromatic carbocycles. The van der Waals surface area contributed by atoms with Gasteiger partial charge in [-0.2, -0.15) is 13.2 Å². The third kappa shape index (κ3) is 2.52. The smallest absolute Gasteiger partial charge is 0.287 e. The van der Waals surface area contributed by atoms with Gasteiger partial charge in [-0.15, -0.1) is 11.3 Å². The van der Waals surface area contributed by atoms with Gasteiger partial charge >= 0.3 is 6.18 Å². The molecular formula is C11H6F3NOS. The number of benzene rings is 1. The Kier molecular flexibility index (Phi) is 2.97. The molecular weight excluding hydrogens is 251 g/mol. The van der Waals surface area contributed by atoms with E-state index in [1.54, 1.807) is 5.38 Å². The lowest BCUT2D eigenvalue weighted by molar-refractivity contribution is -0.137. The third-order valence-corrected chi connectivity index (χ3v) is 2.73. The standard InChI is InChI=1S/C11H6F3NOS/c12-11(13,14)8-3-1-7(2-4-8)10(16)9-5-17-6-15-9/h1-6H. The first kappa shape index (κ1) is 11.8. The molecule has 1 aromatic heterocycles. The van der Waals surface area contributed by atoms with Crippen LogP contribution in [0.1, 0.15) is 21.6 Å². The fourth-order valence-electron chi connectivity index (χ4n) is 1.28. The van der Waals surface area contributed by atoms with Gasteiger partial charge < -0.3 is 0 Å². The molecule has 0 saturated carbocycles. The van der Waals surface area contributed by atoms with Gasteiger partial charge in [0.15, 0.2) is 0 Å². The summed E-state index contributed by atoms with van der Waals surface area (Å²) < 4.78 is 36.9. The number of rotatable bonds is 2. The normalized spacial score (nSPS) is 11.5. The first-order valence-electron chi connectivity index (χ1n) is 4.58. The van der Waals surface area contributed by atoms with E-state index in [2.05, 4.69) is 4.98 Å². The van der Waals surface area contributed by atoms with E-state index in [0.29, 0.717) is 0 Å². The summed E-state index contributed by atoms with van der Waals surface area (Å²) in [5.74, 6) is -0.375. The number of carbonyl (C=O) groups is 1. The zero-order chi connectivity index (χ0) is 12.5. The van der Waals surface area contributed by atoms with Crippen molar-refractivity contribution in [2.45, 2.75) is 6.18 Å². The molecule has 0 spiro atoms. The van der Waals surface area contributed by atoms with Crippen molar-refractivity contribution in [1.29, 1.82) is 0 Å². The minimum atomic E-state index is -4.39. The van der Waals surface area contributed by atoms with Crippen molar-refractivity contribution in [3.63, 3.8) is 0 Å². The first-order valence-corrected chi connectivity index (χ1v) is 5.53. The average Bonchev–Trinajstić information content (AvgIpc) is 2.80. The zero-order valence-electron chi connectivity index (χ0n) is 8.36. The highest BCUT2D eigenvalue weighted by Crippen LogP contribution is 2.29. The minimum absolute atomic E-state index is 0.198. The van der Waals surface area contributed by atoms with Gasteiger partial charge in [0.2, 0.25) is 5.78 Å². The van der Waals surface area contributed by atoms with E-state index >= 15 is 0 Å². The van der Waals surface area contributed by atoms with Crippen molar-refractivity contribution in [1.82, 2.24) is 4.98 Å².